The Bertz CT molecular complexity index is 360. The molecule has 0 saturated heterocycles. The molecule has 1 rings (SSSR count). The Morgan fingerprint density at radius 1 is 1.47 bits per heavy atom. The van der Waals surface area contributed by atoms with Crippen molar-refractivity contribution in [2.45, 2.75) is 46.2 Å². The molecule has 0 N–H and O–H groups in total. The van der Waals surface area contributed by atoms with Crippen molar-refractivity contribution < 1.29 is 9.21 Å². The first-order chi connectivity index (χ1) is 8.04. The van der Waals surface area contributed by atoms with Crippen molar-refractivity contribution in [1.29, 1.82) is 0 Å². The number of rotatable bonds is 6. The second-order valence-electron chi connectivity index (χ2n) is 4.42. The fourth-order valence-corrected chi connectivity index (χ4v) is 1.79. The van der Waals surface area contributed by atoms with Gasteiger partial charge in [-0.15, -0.1) is 11.6 Å². The molecule has 0 radical (unpaired) electrons. The minimum Gasteiger partial charge on any atom is -0.464 e. The molecule has 1 aromatic rings. The topological polar surface area (TPSA) is 33.5 Å². The molecule has 0 aliphatic carbocycles. The van der Waals surface area contributed by atoms with Crippen molar-refractivity contribution in [3.8, 4) is 0 Å². The van der Waals surface area contributed by atoms with Crippen LogP contribution in [0, 0.1) is 6.92 Å². The Balaban J connectivity index is 2.63. The summed E-state index contributed by atoms with van der Waals surface area (Å²) in [6.07, 6.45) is 1.22. The summed E-state index contributed by atoms with van der Waals surface area (Å²) in [6.45, 7) is 6.45. The Morgan fingerprint density at radius 3 is 2.65 bits per heavy atom. The molecule has 1 aromatic heterocycles. The summed E-state index contributed by atoms with van der Waals surface area (Å²) >= 11 is 5.60. The van der Waals surface area contributed by atoms with Gasteiger partial charge in [-0.25, -0.2) is 0 Å². The maximum absolute atomic E-state index is 12.0. The van der Waals surface area contributed by atoms with E-state index >= 15 is 0 Å². The van der Waals surface area contributed by atoms with Crippen LogP contribution < -0.4 is 0 Å². The van der Waals surface area contributed by atoms with Crippen molar-refractivity contribution >= 4 is 17.5 Å². The lowest BCUT2D eigenvalue weighted by molar-refractivity contribution is -0.133. The summed E-state index contributed by atoms with van der Waals surface area (Å²) in [7, 11) is 0. The Labute approximate surface area is 108 Å². The summed E-state index contributed by atoms with van der Waals surface area (Å²) in [4.78, 5) is 13.8. The van der Waals surface area contributed by atoms with Crippen LogP contribution in [0.2, 0.25) is 0 Å². The number of hydrogen-bond acceptors (Lipinski definition) is 2. The molecular weight excluding hydrogens is 238 g/mol. The van der Waals surface area contributed by atoms with Gasteiger partial charge in [0, 0.05) is 18.3 Å². The van der Waals surface area contributed by atoms with E-state index in [1.165, 1.54) is 0 Å². The molecule has 0 spiro atoms. The van der Waals surface area contributed by atoms with Gasteiger partial charge in [-0.1, -0.05) is 0 Å². The lowest BCUT2D eigenvalue weighted by Crippen LogP contribution is -2.36. The van der Waals surface area contributed by atoms with Crippen LogP contribution in [0.3, 0.4) is 0 Å². The zero-order valence-corrected chi connectivity index (χ0v) is 11.5. The molecule has 3 nitrogen and oxygen atoms in total. The van der Waals surface area contributed by atoms with Gasteiger partial charge in [0.25, 0.3) is 0 Å². The first-order valence-electron chi connectivity index (χ1n) is 5.95. The molecule has 1 amide bonds. The third-order valence-electron chi connectivity index (χ3n) is 2.59. The molecule has 0 atom stereocenters. The van der Waals surface area contributed by atoms with Gasteiger partial charge < -0.3 is 9.32 Å². The minimum atomic E-state index is 0.134. The largest absolute Gasteiger partial charge is 0.464 e. The molecule has 0 bridgehead atoms. The monoisotopic (exact) mass is 257 g/mol. The number of furan rings is 1. The molecule has 0 aromatic carbocycles. The average molecular weight is 258 g/mol. The maximum atomic E-state index is 12.0. The summed E-state index contributed by atoms with van der Waals surface area (Å²) in [5.41, 5.74) is 0. The van der Waals surface area contributed by atoms with Crippen molar-refractivity contribution in [3.05, 3.63) is 23.7 Å². The van der Waals surface area contributed by atoms with Gasteiger partial charge in [-0.3, -0.25) is 4.79 Å². The van der Waals surface area contributed by atoms with Gasteiger partial charge in [-0.2, -0.15) is 0 Å². The predicted molar refractivity (Wildman–Crippen MR) is 69.1 cm³/mol. The normalized spacial score (nSPS) is 10.9. The highest BCUT2D eigenvalue weighted by Gasteiger charge is 2.18. The summed E-state index contributed by atoms with van der Waals surface area (Å²) in [6, 6.07) is 4.00. The van der Waals surface area contributed by atoms with Crippen molar-refractivity contribution in [1.82, 2.24) is 4.90 Å². The van der Waals surface area contributed by atoms with Crippen LogP contribution in [0.5, 0.6) is 0 Å². The summed E-state index contributed by atoms with van der Waals surface area (Å²) < 4.78 is 5.50. The average Bonchev–Trinajstić information content (AvgIpc) is 2.68. The lowest BCUT2D eigenvalue weighted by atomic mass is 10.2. The highest BCUT2D eigenvalue weighted by atomic mass is 35.5. The SMILES string of the molecule is Cc1ccc(CN(C(=O)CCCCl)C(C)C)o1. The summed E-state index contributed by atoms with van der Waals surface area (Å²) in [5.74, 6) is 2.36. The van der Waals surface area contributed by atoms with E-state index in [1.54, 1.807) is 0 Å². The Kier molecular flexibility index (Phi) is 5.56. The summed E-state index contributed by atoms with van der Waals surface area (Å²) in [5, 5.41) is 0. The van der Waals surface area contributed by atoms with Crippen LogP contribution >= 0.6 is 11.6 Å². The van der Waals surface area contributed by atoms with Crippen molar-refractivity contribution in [3.63, 3.8) is 0 Å². The standard InChI is InChI=1S/C13H20ClNO2/c1-10(2)15(13(16)5-4-8-14)9-12-7-6-11(3)17-12/h6-7,10H,4-5,8-9H2,1-3H3. The first kappa shape index (κ1) is 14.1. The van der Waals surface area contributed by atoms with Gasteiger partial charge in [-0.05, 0) is 39.3 Å². The number of amides is 1. The minimum absolute atomic E-state index is 0.134. The van der Waals surface area contributed by atoms with Gasteiger partial charge in [0.15, 0.2) is 0 Å². The molecule has 0 fully saturated rings. The van der Waals surface area contributed by atoms with Crippen LogP contribution in [-0.2, 0) is 11.3 Å². The second kappa shape index (κ2) is 6.70. The van der Waals surface area contributed by atoms with Gasteiger partial charge >= 0.3 is 0 Å². The lowest BCUT2D eigenvalue weighted by Gasteiger charge is -2.25. The van der Waals surface area contributed by atoms with Gasteiger partial charge in [0.1, 0.15) is 11.5 Å². The van der Waals surface area contributed by atoms with E-state index in [4.69, 9.17) is 16.0 Å². The third-order valence-corrected chi connectivity index (χ3v) is 2.86. The zero-order valence-electron chi connectivity index (χ0n) is 10.7. The molecular formula is C13H20ClNO2. The highest BCUT2D eigenvalue weighted by Crippen LogP contribution is 2.13. The molecule has 1 heterocycles. The third kappa shape index (κ3) is 4.43. The predicted octanol–water partition coefficient (Wildman–Crippen LogP) is 3.34. The molecule has 17 heavy (non-hydrogen) atoms. The van der Waals surface area contributed by atoms with Crippen molar-refractivity contribution in [2.24, 2.45) is 0 Å². The van der Waals surface area contributed by atoms with E-state index in [0.29, 0.717) is 18.8 Å². The van der Waals surface area contributed by atoms with E-state index in [1.807, 2.05) is 37.8 Å². The number of carbonyl (C=O) groups excluding carboxylic acids is 1. The molecule has 0 saturated carbocycles. The number of alkyl halides is 1. The molecule has 0 aliphatic rings. The number of halogens is 1. The van der Waals surface area contributed by atoms with E-state index in [-0.39, 0.29) is 11.9 Å². The maximum Gasteiger partial charge on any atom is 0.223 e. The van der Waals surface area contributed by atoms with Gasteiger partial charge in [0.05, 0.1) is 6.54 Å². The van der Waals surface area contributed by atoms with E-state index in [2.05, 4.69) is 0 Å². The first-order valence-corrected chi connectivity index (χ1v) is 6.48. The fraction of sp³-hybridized carbons (Fsp3) is 0.615. The van der Waals surface area contributed by atoms with E-state index in [9.17, 15) is 4.79 Å². The van der Waals surface area contributed by atoms with Crippen LogP contribution in [0.1, 0.15) is 38.2 Å². The number of hydrogen-bond donors (Lipinski definition) is 0. The second-order valence-corrected chi connectivity index (χ2v) is 4.80. The molecule has 96 valence electrons. The van der Waals surface area contributed by atoms with Crippen LogP contribution in [0.25, 0.3) is 0 Å². The van der Waals surface area contributed by atoms with Crippen LogP contribution in [-0.4, -0.2) is 22.7 Å². The highest BCUT2D eigenvalue weighted by molar-refractivity contribution is 6.17. The Morgan fingerprint density at radius 2 is 2.18 bits per heavy atom. The van der Waals surface area contributed by atoms with E-state index in [0.717, 1.165) is 17.9 Å². The quantitative estimate of drug-likeness (QED) is 0.733. The fourth-order valence-electron chi connectivity index (χ4n) is 1.66. The Hall–Kier alpha value is -0.960. The molecule has 0 aliphatic heterocycles. The number of aryl methyl sites for hydroxylation is 1. The zero-order chi connectivity index (χ0) is 12.8. The molecule has 0 unspecified atom stereocenters. The molecule has 4 heteroatoms. The van der Waals surface area contributed by atoms with Crippen LogP contribution in [0.15, 0.2) is 16.5 Å². The smallest absolute Gasteiger partial charge is 0.223 e. The number of carbonyl (C=O) groups is 1. The van der Waals surface area contributed by atoms with E-state index < -0.39 is 0 Å². The van der Waals surface area contributed by atoms with Crippen LogP contribution in [0.4, 0.5) is 0 Å². The van der Waals surface area contributed by atoms with Crippen molar-refractivity contribution in [2.75, 3.05) is 5.88 Å². The number of nitrogens with zero attached hydrogens (tertiary/aromatic N) is 1. The van der Waals surface area contributed by atoms with Gasteiger partial charge in [0.2, 0.25) is 5.91 Å².